The summed E-state index contributed by atoms with van der Waals surface area (Å²) in [6, 6.07) is 2.11. The lowest BCUT2D eigenvalue weighted by Crippen LogP contribution is -2.47. The molecule has 2 rings (SSSR count). The fourth-order valence-corrected chi connectivity index (χ4v) is 2.28. The largest absolute Gasteiger partial charge is 0.353 e. The average molecular weight is 249 g/mol. The van der Waals surface area contributed by atoms with E-state index in [1.807, 2.05) is 0 Å². The first-order valence-electron chi connectivity index (χ1n) is 6.76. The molecular formula is C13H23N5. The monoisotopic (exact) mass is 249 g/mol. The molecule has 0 atom stereocenters. The van der Waals surface area contributed by atoms with E-state index in [9.17, 15) is 0 Å². The molecule has 2 heterocycles. The van der Waals surface area contributed by atoms with Crippen LogP contribution in [0.25, 0.3) is 0 Å². The number of hydrogen-bond donors (Lipinski definition) is 1. The number of hydrogen-bond acceptors (Lipinski definition) is 5. The van der Waals surface area contributed by atoms with Crippen LogP contribution in [0.5, 0.6) is 0 Å². The van der Waals surface area contributed by atoms with Gasteiger partial charge in [0.25, 0.3) is 0 Å². The highest BCUT2D eigenvalue weighted by atomic mass is 15.3. The van der Waals surface area contributed by atoms with Crippen molar-refractivity contribution in [3.05, 3.63) is 17.8 Å². The third-order valence-corrected chi connectivity index (χ3v) is 3.40. The van der Waals surface area contributed by atoms with E-state index in [4.69, 9.17) is 5.73 Å². The number of nitrogens with zero attached hydrogens (tertiary/aromatic N) is 4. The number of piperazine rings is 1. The van der Waals surface area contributed by atoms with Crippen LogP contribution in [0.15, 0.2) is 12.3 Å². The first kappa shape index (κ1) is 13.2. The standard InChI is InChI=1S/C13H23N5/c1-12-10-13(16-15-11-12)18-8-6-17(7-9-18)5-3-2-4-14/h10-11H,2-9,14H2,1H3. The predicted molar refractivity (Wildman–Crippen MR) is 73.7 cm³/mol. The zero-order chi connectivity index (χ0) is 12.8. The van der Waals surface area contributed by atoms with Crippen molar-refractivity contribution in [1.82, 2.24) is 15.1 Å². The quantitative estimate of drug-likeness (QED) is 0.776. The molecule has 1 fully saturated rings. The maximum Gasteiger partial charge on any atom is 0.151 e. The second kappa shape index (κ2) is 6.66. The van der Waals surface area contributed by atoms with E-state index in [0.717, 1.165) is 45.0 Å². The van der Waals surface area contributed by atoms with Gasteiger partial charge >= 0.3 is 0 Å². The van der Waals surface area contributed by atoms with Gasteiger partial charge in [0, 0.05) is 26.2 Å². The Morgan fingerprint density at radius 3 is 2.67 bits per heavy atom. The Kier molecular flexibility index (Phi) is 4.90. The van der Waals surface area contributed by atoms with Gasteiger partial charge in [-0.1, -0.05) is 0 Å². The molecule has 0 spiro atoms. The molecule has 0 aromatic carbocycles. The second-order valence-corrected chi connectivity index (χ2v) is 4.92. The number of anilines is 1. The van der Waals surface area contributed by atoms with E-state index in [1.54, 1.807) is 6.20 Å². The molecule has 0 saturated carbocycles. The maximum atomic E-state index is 5.51. The van der Waals surface area contributed by atoms with Crippen molar-refractivity contribution >= 4 is 5.82 Å². The van der Waals surface area contributed by atoms with Crippen LogP contribution in [-0.2, 0) is 0 Å². The Bertz CT molecular complexity index is 360. The molecule has 5 heteroatoms. The highest BCUT2D eigenvalue weighted by Gasteiger charge is 2.17. The van der Waals surface area contributed by atoms with Crippen molar-refractivity contribution in [3.63, 3.8) is 0 Å². The summed E-state index contributed by atoms with van der Waals surface area (Å²) >= 11 is 0. The molecule has 0 bridgehead atoms. The number of nitrogens with two attached hydrogens (primary N) is 1. The Balaban J connectivity index is 1.79. The summed E-state index contributed by atoms with van der Waals surface area (Å²) < 4.78 is 0. The van der Waals surface area contributed by atoms with Crippen LogP contribution in [0.1, 0.15) is 18.4 Å². The maximum absolute atomic E-state index is 5.51. The SMILES string of the molecule is Cc1cnnc(N2CCN(CCCCN)CC2)c1. The van der Waals surface area contributed by atoms with Gasteiger partial charge in [0.2, 0.25) is 0 Å². The zero-order valence-electron chi connectivity index (χ0n) is 11.2. The lowest BCUT2D eigenvalue weighted by molar-refractivity contribution is 0.253. The minimum absolute atomic E-state index is 0.804. The molecule has 0 unspecified atom stereocenters. The van der Waals surface area contributed by atoms with E-state index in [1.165, 1.54) is 18.5 Å². The second-order valence-electron chi connectivity index (χ2n) is 4.92. The van der Waals surface area contributed by atoms with Crippen LogP contribution >= 0.6 is 0 Å². The minimum Gasteiger partial charge on any atom is -0.353 e. The van der Waals surface area contributed by atoms with Crippen molar-refractivity contribution in [1.29, 1.82) is 0 Å². The van der Waals surface area contributed by atoms with Crippen LogP contribution in [0, 0.1) is 6.92 Å². The minimum atomic E-state index is 0.804. The van der Waals surface area contributed by atoms with Crippen LogP contribution in [0.4, 0.5) is 5.82 Å². The predicted octanol–water partition coefficient (Wildman–Crippen LogP) is 0.646. The van der Waals surface area contributed by atoms with Gasteiger partial charge in [-0.2, -0.15) is 5.10 Å². The average Bonchev–Trinajstić information content (AvgIpc) is 2.40. The molecule has 0 aliphatic carbocycles. The van der Waals surface area contributed by atoms with Gasteiger partial charge in [0.15, 0.2) is 5.82 Å². The Morgan fingerprint density at radius 2 is 2.00 bits per heavy atom. The summed E-state index contributed by atoms with van der Waals surface area (Å²) in [6.45, 7) is 8.34. The summed E-state index contributed by atoms with van der Waals surface area (Å²) in [5, 5.41) is 8.22. The summed E-state index contributed by atoms with van der Waals surface area (Å²) in [6.07, 6.45) is 4.14. The van der Waals surface area contributed by atoms with E-state index < -0.39 is 0 Å². The van der Waals surface area contributed by atoms with Gasteiger partial charge in [-0.15, -0.1) is 5.10 Å². The summed E-state index contributed by atoms with van der Waals surface area (Å²) in [4.78, 5) is 4.83. The van der Waals surface area contributed by atoms with E-state index in [2.05, 4.69) is 33.0 Å². The molecule has 1 aromatic heterocycles. The Hall–Kier alpha value is -1.20. The highest BCUT2D eigenvalue weighted by Crippen LogP contribution is 2.13. The van der Waals surface area contributed by atoms with Crippen molar-refractivity contribution in [2.24, 2.45) is 5.73 Å². The molecule has 18 heavy (non-hydrogen) atoms. The fourth-order valence-electron chi connectivity index (χ4n) is 2.28. The van der Waals surface area contributed by atoms with Gasteiger partial charge in [0.05, 0.1) is 6.20 Å². The third kappa shape index (κ3) is 3.65. The number of rotatable bonds is 5. The number of aromatic nitrogens is 2. The molecule has 2 N–H and O–H groups in total. The van der Waals surface area contributed by atoms with Crippen molar-refractivity contribution < 1.29 is 0 Å². The van der Waals surface area contributed by atoms with Gasteiger partial charge in [-0.05, 0) is 44.5 Å². The van der Waals surface area contributed by atoms with Crippen LogP contribution < -0.4 is 10.6 Å². The number of aryl methyl sites for hydroxylation is 1. The molecule has 1 aromatic rings. The van der Waals surface area contributed by atoms with Crippen LogP contribution in [0.3, 0.4) is 0 Å². The first-order chi connectivity index (χ1) is 8.79. The molecule has 5 nitrogen and oxygen atoms in total. The Morgan fingerprint density at radius 1 is 1.22 bits per heavy atom. The molecule has 0 radical (unpaired) electrons. The lowest BCUT2D eigenvalue weighted by atomic mass is 10.2. The van der Waals surface area contributed by atoms with Crippen molar-refractivity contribution in [2.75, 3.05) is 44.2 Å². The summed E-state index contributed by atoms with van der Waals surface area (Å²) in [5.41, 5.74) is 6.69. The van der Waals surface area contributed by atoms with Crippen LogP contribution in [-0.4, -0.2) is 54.4 Å². The topological polar surface area (TPSA) is 58.3 Å². The third-order valence-electron chi connectivity index (χ3n) is 3.40. The molecule has 1 aliphatic heterocycles. The lowest BCUT2D eigenvalue weighted by Gasteiger charge is -2.35. The highest BCUT2D eigenvalue weighted by molar-refractivity contribution is 5.39. The molecule has 0 amide bonds. The summed E-state index contributed by atoms with van der Waals surface area (Å²) in [5.74, 6) is 1.01. The molecule has 1 aliphatic rings. The van der Waals surface area contributed by atoms with Gasteiger partial charge in [0.1, 0.15) is 0 Å². The van der Waals surface area contributed by atoms with Crippen molar-refractivity contribution in [2.45, 2.75) is 19.8 Å². The Labute approximate surface area is 109 Å². The normalized spacial score (nSPS) is 17.1. The van der Waals surface area contributed by atoms with E-state index in [-0.39, 0.29) is 0 Å². The zero-order valence-corrected chi connectivity index (χ0v) is 11.2. The van der Waals surface area contributed by atoms with E-state index in [0.29, 0.717) is 0 Å². The van der Waals surface area contributed by atoms with E-state index >= 15 is 0 Å². The molecular weight excluding hydrogens is 226 g/mol. The molecule has 100 valence electrons. The number of unbranched alkanes of at least 4 members (excludes halogenated alkanes) is 1. The van der Waals surface area contributed by atoms with Gasteiger partial charge in [-0.3, -0.25) is 4.90 Å². The first-order valence-corrected chi connectivity index (χ1v) is 6.76. The fraction of sp³-hybridized carbons (Fsp3) is 0.692. The van der Waals surface area contributed by atoms with Crippen molar-refractivity contribution in [3.8, 4) is 0 Å². The molecule has 1 saturated heterocycles. The summed E-state index contributed by atoms with van der Waals surface area (Å²) in [7, 11) is 0. The van der Waals surface area contributed by atoms with Gasteiger partial charge < -0.3 is 10.6 Å². The van der Waals surface area contributed by atoms with Crippen LogP contribution in [0.2, 0.25) is 0 Å². The van der Waals surface area contributed by atoms with Gasteiger partial charge in [-0.25, -0.2) is 0 Å². The smallest absolute Gasteiger partial charge is 0.151 e.